The number of halogens is 2. The predicted octanol–water partition coefficient (Wildman–Crippen LogP) is 3.63. The first-order valence-corrected chi connectivity index (χ1v) is 5.87. The molecule has 2 amide bonds. The van der Waals surface area contributed by atoms with Crippen LogP contribution in [0, 0.1) is 5.82 Å². The third kappa shape index (κ3) is 3.27. The van der Waals surface area contributed by atoms with Crippen molar-refractivity contribution in [3.05, 3.63) is 53.0 Å². The van der Waals surface area contributed by atoms with Gasteiger partial charge in [0.1, 0.15) is 5.82 Å². The number of nitrogens with one attached hydrogen (secondary N) is 2. The van der Waals surface area contributed by atoms with Crippen molar-refractivity contribution in [3.63, 3.8) is 0 Å². The minimum atomic E-state index is -0.409. The number of pyridine rings is 1. The van der Waals surface area contributed by atoms with Gasteiger partial charge in [-0.25, -0.2) is 9.18 Å². The molecule has 0 fully saturated rings. The number of benzene rings is 1. The van der Waals surface area contributed by atoms with Gasteiger partial charge in [0.05, 0.1) is 10.2 Å². The molecule has 0 bridgehead atoms. The van der Waals surface area contributed by atoms with Crippen molar-refractivity contribution in [2.45, 2.75) is 0 Å². The monoisotopic (exact) mass is 309 g/mol. The van der Waals surface area contributed by atoms with Crippen LogP contribution in [0.25, 0.3) is 0 Å². The van der Waals surface area contributed by atoms with E-state index in [0.717, 1.165) is 0 Å². The molecule has 92 valence electrons. The molecule has 2 N–H and O–H groups in total. The molecule has 1 aromatic heterocycles. The first-order valence-electron chi connectivity index (χ1n) is 5.08. The van der Waals surface area contributed by atoms with Gasteiger partial charge in [0.15, 0.2) is 0 Å². The number of hydrogen-bond donors (Lipinski definition) is 2. The fourth-order valence-corrected chi connectivity index (χ4v) is 1.64. The summed E-state index contributed by atoms with van der Waals surface area (Å²) < 4.78 is 13.4. The molecule has 6 heteroatoms. The van der Waals surface area contributed by atoms with Crippen LogP contribution in [0.2, 0.25) is 0 Å². The highest BCUT2D eigenvalue weighted by molar-refractivity contribution is 9.10. The third-order valence-electron chi connectivity index (χ3n) is 2.12. The lowest BCUT2D eigenvalue weighted by atomic mass is 10.3. The van der Waals surface area contributed by atoms with Crippen LogP contribution in [0.5, 0.6) is 0 Å². The van der Waals surface area contributed by atoms with Crippen LogP contribution in [0.15, 0.2) is 47.2 Å². The normalized spacial score (nSPS) is 9.89. The minimum Gasteiger partial charge on any atom is -0.308 e. The molecular weight excluding hydrogens is 301 g/mol. The smallest absolute Gasteiger partial charge is 0.308 e. The molecule has 18 heavy (non-hydrogen) atoms. The van der Waals surface area contributed by atoms with Gasteiger partial charge in [0.2, 0.25) is 0 Å². The van der Waals surface area contributed by atoms with Crippen LogP contribution in [-0.2, 0) is 0 Å². The van der Waals surface area contributed by atoms with Crippen molar-refractivity contribution < 1.29 is 9.18 Å². The summed E-state index contributed by atoms with van der Waals surface area (Å²) in [6, 6.07) is 6.77. The van der Waals surface area contributed by atoms with Gasteiger partial charge in [-0.05, 0) is 46.3 Å². The Morgan fingerprint density at radius 3 is 2.56 bits per heavy atom. The van der Waals surface area contributed by atoms with E-state index in [1.54, 1.807) is 18.5 Å². The summed E-state index contributed by atoms with van der Waals surface area (Å²) in [5, 5.41) is 5.23. The molecule has 1 heterocycles. The Morgan fingerprint density at radius 1 is 1.17 bits per heavy atom. The number of anilines is 2. The van der Waals surface area contributed by atoms with Crippen molar-refractivity contribution in [2.24, 2.45) is 0 Å². The summed E-state index contributed by atoms with van der Waals surface area (Å²) in [5.74, 6) is -0.349. The number of carbonyl (C=O) groups excluding carboxylic acids is 1. The molecule has 4 nitrogen and oxygen atoms in total. The summed E-state index contributed by atoms with van der Waals surface area (Å²) in [7, 11) is 0. The zero-order valence-electron chi connectivity index (χ0n) is 9.15. The van der Waals surface area contributed by atoms with Gasteiger partial charge in [-0.3, -0.25) is 4.98 Å². The molecule has 0 aliphatic carbocycles. The Morgan fingerprint density at radius 2 is 1.89 bits per heavy atom. The lowest BCUT2D eigenvalue weighted by Crippen LogP contribution is -2.19. The van der Waals surface area contributed by atoms with Crippen LogP contribution in [0.4, 0.5) is 20.6 Å². The van der Waals surface area contributed by atoms with Crippen molar-refractivity contribution in [2.75, 3.05) is 10.6 Å². The van der Waals surface area contributed by atoms with Crippen molar-refractivity contribution >= 4 is 33.3 Å². The number of aromatic nitrogens is 1. The molecule has 0 aliphatic heterocycles. The topological polar surface area (TPSA) is 54.0 Å². The summed E-state index contributed by atoms with van der Waals surface area (Å²) in [4.78, 5) is 15.5. The lowest BCUT2D eigenvalue weighted by Gasteiger charge is -2.08. The fraction of sp³-hybridized carbons (Fsp3) is 0. The van der Waals surface area contributed by atoms with Crippen molar-refractivity contribution in [1.29, 1.82) is 0 Å². The molecule has 0 radical (unpaired) electrons. The second-order valence-electron chi connectivity index (χ2n) is 3.44. The summed E-state index contributed by atoms with van der Waals surface area (Å²) in [6.45, 7) is 0. The molecule has 1 aromatic carbocycles. The van der Waals surface area contributed by atoms with E-state index in [9.17, 15) is 9.18 Å². The number of amides is 2. The van der Waals surface area contributed by atoms with E-state index in [1.165, 1.54) is 24.3 Å². The average Bonchev–Trinajstić information content (AvgIpc) is 2.35. The Hall–Kier alpha value is -1.95. The lowest BCUT2D eigenvalue weighted by molar-refractivity contribution is 0.262. The van der Waals surface area contributed by atoms with Crippen molar-refractivity contribution in [1.82, 2.24) is 4.98 Å². The molecule has 0 unspecified atom stereocenters. The van der Waals surface area contributed by atoms with E-state index in [-0.39, 0.29) is 5.82 Å². The highest BCUT2D eigenvalue weighted by atomic mass is 79.9. The van der Waals surface area contributed by atoms with Crippen LogP contribution >= 0.6 is 15.9 Å². The predicted molar refractivity (Wildman–Crippen MR) is 71.0 cm³/mol. The zero-order chi connectivity index (χ0) is 13.0. The van der Waals surface area contributed by atoms with Crippen molar-refractivity contribution in [3.8, 4) is 0 Å². The highest BCUT2D eigenvalue weighted by Gasteiger charge is 2.05. The standard InChI is InChI=1S/C12H9BrFN3O/c13-10-7-15-6-5-11(10)17-12(18)16-9-3-1-8(14)2-4-9/h1-7H,(H2,15,16,17,18). The number of urea groups is 1. The van der Waals surface area contributed by atoms with Gasteiger partial charge in [0.25, 0.3) is 0 Å². The molecule has 0 aliphatic rings. The number of rotatable bonds is 2. The second-order valence-corrected chi connectivity index (χ2v) is 4.30. The number of nitrogens with zero attached hydrogens (tertiary/aromatic N) is 1. The van der Waals surface area contributed by atoms with Gasteiger partial charge in [0, 0.05) is 18.1 Å². The van der Waals surface area contributed by atoms with Gasteiger partial charge in [-0.1, -0.05) is 0 Å². The number of hydrogen-bond acceptors (Lipinski definition) is 2. The Labute approximate surface area is 111 Å². The molecule has 0 saturated heterocycles. The van der Waals surface area contributed by atoms with Crippen LogP contribution < -0.4 is 10.6 Å². The van der Waals surface area contributed by atoms with E-state index in [0.29, 0.717) is 15.8 Å². The summed E-state index contributed by atoms with van der Waals surface area (Å²) in [6.07, 6.45) is 3.14. The summed E-state index contributed by atoms with van der Waals surface area (Å²) >= 11 is 3.27. The maximum absolute atomic E-state index is 12.7. The van der Waals surface area contributed by atoms with Crippen LogP contribution in [-0.4, -0.2) is 11.0 Å². The first kappa shape index (κ1) is 12.5. The Kier molecular flexibility index (Phi) is 3.88. The molecule has 0 atom stereocenters. The second kappa shape index (κ2) is 5.59. The molecular formula is C12H9BrFN3O. The quantitative estimate of drug-likeness (QED) is 0.890. The largest absolute Gasteiger partial charge is 0.323 e. The van der Waals surface area contributed by atoms with Gasteiger partial charge in [-0.2, -0.15) is 0 Å². The van der Waals surface area contributed by atoms with E-state index < -0.39 is 6.03 Å². The molecule has 0 saturated carbocycles. The highest BCUT2D eigenvalue weighted by Crippen LogP contribution is 2.20. The minimum absolute atomic E-state index is 0.349. The fourth-order valence-electron chi connectivity index (χ4n) is 1.29. The van der Waals surface area contributed by atoms with E-state index in [2.05, 4.69) is 31.5 Å². The molecule has 2 aromatic rings. The van der Waals surface area contributed by atoms with E-state index >= 15 is 0 Å². The van der Waals surface area contributed by atoms with Gasteiger partial charge in [-0.15, -0.1) is 0 Å². The summed E-state index contributed by atoms with van der Waals surface area (Å²) in [5.41, 5.74) is 1.11. The van der Waals surface area contributed by atoms with E-state index in [4.69, 9.17) is 0 Å². The molecule has 2 rings (SSSR count). The van der Waals surface area contributed by atoms with Crippen LogP contribution in [0.1, 0.15) is 0 Å². The zero-order valence-corrected chi connectivity index (χ0v) is 10.7. The van der Waals surface area contributed by atoms with E-state index in [1.807, 2.05) is 0 Å². The van der Waals surface area contributed by atoms with Gasteiger partial charge >= 0.3 is 6.03 Å². The Balaban J connectivity index is 2.01. The molecule has 0 spiro atoms. The Bertz CT molecular complexity index is 560. The maximum Gasteiger partial charge on any atom is 0.323 e. The van der Waals surface area contributed by atoms with Gasteiger partial charge < -0.3 is 10.6 Å². The average molecular weight is 310 g/mol. The third-order valence-corrected chi connectivity index (χ3v) is 2.75. The number of carbonyl (C=O) groups is 1. The SMILES string of the molecule is O=C(Nc1ccc(F)cc1)Nc1ccncc1Br. The first-order chi connectivity index (χ1) is 8.65. The maximum atomic E-state index is 12.7. The van der Waals surface area contributed by atoms with Crippen LogP contribution in [0.3, 0.4) is 0 Å².